The van der Waals surface area contributed by atoms with Crippen LogP contribution in [0, 0.1) is 0 Å². The van der Waals surface area contributed by atoms with Crippen LogP contribution in [-0.4, -0.2) is 24.9 Å². The van der Waals surface area contributed by atoms with Gasteiger partial charge in [-0.1, -0.05) is 19.1 Å². The van der Waals surface area contributed by atoms with Crippen LogP contribution in [0.2, 0.25) is 0 Å². The van der Waals surface area contributed by atoms with E-state index in [0.29, 0.717) is 18.2 Å². The van der Waals surface area contributed by atoms with Gasteiger partial charge in [0.05, 0.1) is 18.8 Å². The summed E-state index contributed by atoms with van der Waals surface area (Å²) in [6.45, 7) is 3.82. The summed E-state index contributed by atoms with van der Waals surface area (Å²) < 4.78 is 11.5. The monoisotopic (exact) mass is 261 g/mol. The normalized spacial score (nSPS) is 28.8. The number of rotatable bonds is 6. The first-order valence-electron chi connectivity index (χ1n) is 7.45. The molecule has 1 aromatic carbocycles. The first kappa shape index (κ1) is 12.9. The van der Waals surface area contributed by atoms with Crippen molar-refractivity contribution in [1.29, 1.82) is 0 Å². The Morgan fingerprint density at radius 3 is 3.05 bits per heavy atom. The van der Waals surface area contributed by atoms with Crippen LogP contribution in [-0.2, 0) is 11.3 Å². The SMILES string of the molecule is CCCOc1cccc(CNC2CC3CCC2O3)c1. The van der Waals surface area contributed by atoms with Crippen molar-refractivity contribution in [2.75, 3.05) is 6.61 Å². The van der Waals surface area contributed by atoms with Crippen molar-refractivity contribution in [2.45, 2.75) is 57.4 Å². The Bertz CT molecular complexity index is 421. The summed E-state index contributed by atoms with van der Waals surface area (Å²) in [6, 6.07) is 8.93. The number of benzene rings is 1. The van der Waals surface area contributed by atoms with Crippen molar-refractivity contribution < 1.29 is 9.47 Å². The van der Waals surface area contributed by atoms with Gasteiger partial charge in [-0.05, 0) is 43.4 Å². The molecule has 2 heterocycles. The second-order valence-electron chi connectivity index (χ2n) is 5.59. The van der Waals surface area contributed by atoms with Gasteiger partial charge in [0.2, 0.25) is 0 Å². The Morgan fingerprint density at radius 2 is 2.32 bits per heavy atom. The third-order valence-corrected chi connectivity index (χ3v) is 4.05. The van der Waals surface area contributed by atoms with Crippen LogP contribution in [0.15, 0.2) is 24.3 Å². The minimum atomic E-state index is 0.449. The van der Waals surface area contributed by atoms with E-state index in [1.165, 1.54) is 24.8 Å². The molecule has 0 amide bonds. The molecule has 0 aliphatic carbocycles. The van der Waals surface area contributed by atoms with Gasteiger partial charge < -0.3 is 14.8 Å². The highest BCUT2D eigenvalue weighted by Gasteiger charge is 2.40. The second kappa shape index (κ2) is 5.93. The minimum Gasteiger partial charge on any atom is -0.494 e. The van der Waals surface area contributed by atoms with E-state index in [2.05, 4.69) is 30.4 Å². The average Bonchev–Trinajstić information content (AvgIpc) is 3.06. The summed E-state index contributed by atoms with van der Waals surface area (Å²) in [5.41, 5.74) is 1.29. The summed E-state index contributed by atoms with van der Waals surface area (Å²) in [5.74, 6) is 0.977. The zero-order valence-corrected chi connectivity index (χ0v) is 11.6. The van der Waals surface area contributed by atoms with E-state index in [1.54, 1.807) is 0 Å². The maximum Gasteiger partial charge on any atom is 0.119 e. The lowest BCUT2D eigenvalue weighted by Gasteiger charge is -2.20. The van der Waals surface area contributed by atoms with Gasteiger partial charge in [-0.15, -0.1) is 0 Å². The van der Waals surface area contributed by atoms with E-state index in [-0.39, 0.29) is 0 Å². The highest BCUT2D eigenvalue weighted by atomic mass is 16.5. The number of fused-ring (bicyclic) bond motifs is 2. The lowest BCUT2D eigenvalue weighted by molar-refractivity contribution is 0.0973. The first-order chi connectivity index (χ1) is 9.35. The van der Waals surface area contributed by atoms with E-state index in [1.807, 2.05) is 6.07 Å². The molecular formula is C16H23NO2. The zero-order valence-electron chi connectivity index (χ0n) is 11.6. The topological polar surface area (TPSA) is 30.5 Å². The quantitative estimate of drug-likeness (QED) is 0.854. The zero-order chi connectivity index (χ0) is 13.1. The van der Waals surface area contributed by atoms with Crippen molar-refractivity contribution in [1.82, 2.24) is 5.32 Å². The molecule has 3 nitrogen and oxygen atoms in total. The van der Waals surface area contributed by atoms with Gasteiger partial charge in [0.1, 0.15) is 5.75 Å². The van der Waals surface area contributed by atoms with E-state index in [9.17, 15) is 0 Å². The van der Waals surface area contributed by atoms with Crippen LogP contribution in [0.3, 0.4) is 0 Å². The van der Waals surface area contributed by atoms with Crippen molar-refractivity contribution in [2.24, 2.45) is 0 Å². The molecule has 0 spiro atoms. The predicted octanol–water partition coefficient (Wildman–Crippen LogP) is 2.88. The van der Waals surface area contributed by atoms with E-state index in [4.69, 9.17) is 9.47 Å². The Balaban J connectivity index is 1.52. The molecule has 3 atom stereocenters. The molecule has 1 aromatic rings. The number of ether oxygens (including phenoxy) is 2. The average molecular weight is 261 g/mol. The number of hydrogen-bond acceptors (Lipinski definition) is 3. The van der Waals surface area contributed by atoms with Gasteiger partial charge in [0.15, 0.2) is 0 Å². The Hall–Kier alpha value is -1.06. The molecular weight excluding hydrogens is 238 g/mol. The molecule has 2 bridgehead atoms. The number of hydrogen-bond donors (Lipinski definition) is 1. The van der Waals surface area contributed by atoms with Crippen molar-refractivity contribution in [3.63, 3.8) is 0 Å². The highest BCUT2D eigenvalue weighted by Crippen LogP contribution is 2.34. The third-order valence-electron chi connectivity index (χ3n) is 4.05. The fraction of sp³-hybridized carbons (Fsp3) is 0.625. The van der Waals surface area contributed by atoms with Gasteiger partial charge in [0.25, 0.3) is 0 Å². The van der Waals surface area contributed by atoms with Crippen molar-refractivity contribution >= 4 is 0 Å². The van der Waals surface area contributed by atoms with Crippen LogP contribution in [0.5, 0.6) is 5.75 Å². The largest absolute Gasteiger partial charge is 0.494 e. The van der Waals surface area contributed by atoms with Gasteiger partial charge in [-0.2, -0.15) is 0 Å². The maximum atomic E-state index is 5.86. The summed E-state index contributed by atoms with van der Waals surface area (Å²) in [7, 11) is 0. The summed E-state index contributed by atoms with van der Waals surface area (Å²) in [5, 5.41) is 3.63. The highest BCUT2D eigenvalue weighted by molar-refractivity contribution is 5.28. The summed E-state index contributed by atoms with van der Waals surface area (Å²) >= 11 is 0. The first-order valence-corrected chi connectivity index (χ1v) is 7.45. The molecule has 0 saturated carbocycles. The molecule has 3 rings (SSSR count). The molecule has 19 heavy (non-hydrogen) atoms. The lowest BCUT2D eigenvalue weighted by atomic mass is 9.95. The predicted molar refractivity (Wildman–Crippen MR) is 75.4 cm³/mol. The lowest BCUT2D eigenvalue weighted by Crippen LogP contribution is -2.36. The number of nitrogens with one attached hydrogen (secondary N) is 1. The Labute approximate surface area is 115 Å². The summed E-state index contributed by atoms with van der Waals surface area (Å²) in [6.07, 6.45) is 5.67. The Kier molecular flexibility index (Phi) is 4.04. The van der Waals surface area contributed by atoms with Crippen molar-refractivity contribution in [3.8, 4) is 5.75 Å². The van der Waals surface area contributed by atoms with Crippen LogP contribution in [0.1, 0.15) is 38.2 Å². The van der Waals surface area contributed by atoms with Gasteiger partial charge in [0, 0.05) is 12.6 Å². The van der Waals surface area contributed by atoms with Gasteiger partial charge >= 0.3 is 0 Å². The molecule has 3 heteroatoms. The minimum absolute atomic E-state index is 0.449. The molecule has 2 aliphatic heterocycles. The van der Waals surface area contributed by atoms with Crippen LogP contribution < -0.4 is 10.1 Å². The molecule has 2 fully saturated rings. The van der Waals surface area contributed by atoms with Crippen molar-refractivity contribution in [3.05, 3.63) is 29.8 Å². The van der Waals surface area contributed by atoms with E-state index >= 15 is 0 Å². The van der Waals surface area contributed by atoms with Gasteiger partial charge in [-0.25, -0.2) is 0 Å². The standard InChI is InChI=1S/C16H23NO2/c1-2-8-18-13-5-3-4-12(9-13)11-17-15-10-14-6-7-16(15)19-14/h3-5,9,14-17H,2,6-8,10-11H2,1H3. The third kappa shape index (κ3) is 3.10. The molecule has 0 radical (unpaired) electrons. The molecule has 104 valence electrons. The van der Waals surface area contributed by atoms with E-state index in [0.717, 1.165) is 25.3 Å². The molecule has 1 N–H and O–H groups in total. The second-order valence-corrected chi connectivity index (χ2v) is 5.59. The fourth-order valence-electron chi connectivity index (χ4n) is 3.07. The maximum absolute atomic E-state index is 5.86. The molecule has 2 aliphatic rings. The van der Waals surface area contributed by atoms with Crippen LogP contribution >= 0.6 is 0 Å². The molecule has 3 unspecified atom stereocenters. The van der Waals surface area contributed by atoms with E-state index < -0.39 is 0 Å². The van der Waals surface area contributed by atoms with Gasteiger partial charge in [-0.3, -0.25) is 0 Å². The van der Waals surface area contributed by atoms with Crippen LogP contribution in [0.25, 0.3) is 0 Å². The smallest absolute Gasteiger partial charge is 0.119 e. The fourth-order valence-corrected chi connectivity index (χ4v) is 3.07. The molecule has 2 saturated heterocycles. The summed E-state index contributed by atoms with van der Waals surface area (Å²) in [4.78, 5) is 0. The van der Waals surface area contributed by atoms with Crippen LogP contribution in [0.4, 0.5) is 0 Å². The molecule has 0 aromatic heterocycles. The Morgan fingerprint density at radius 1 is 1.37 bits per heavy atom.